The number of carbonyl (C=O) groups is 2. The molecule has 7 heteroatoms. The largest absolute Gasteiger partial charge is 0.370 e. The van der Waals surface area contributed by atoms with E-state index in [1.54, 1.807) is 4.90 Å². The van der Waals surface area contributed by atoms with Gasteiger partial charge in [0.2, 0.25) is 5.91 Å². The van der Waals surface area contributed by atoms with Gasteiger partial charge in [-0.1, -0.05) is 6.42 Å². The summed E-state index contributed by atoms with van der Waals surface area (Å²) in [5.41, 5.74) is 7.56. The molecular weight excluding hydrogens is 356 g/mol. The lowest BCUT2D eigenvalue weighted by Gasteiger charge is -2.36. The number of ether oxygens (including phenoxy) is 1. The molecule has 1 aromatic rings. The van der Waals surface area contributed by atoms with Crippen molar-refractivity contribution in [2.45, 2.75) is 44.2 Å². The molecule has 152 valence electrons. The zero-order chi connectivity index (χ0) is 19.5. The maximum Gasteiger partial charge on any atom is 0.253 e. The van der Waals surface area contributed by atoms with E-state index in [9.17, 15) is 9.59 Å². The summed E-state index contributed by atoms with van der Waals surface area (Å²) in [4.78, 5) is 28.9. The Bertz CT molecular complexity index is 700. The molecule has 0 bridgehead atoms. The topological polar surface area (TPSA) is 87.9 Å². The lowest BCUT2D eigenvalue weighted by molar-refractivity contribution is -0.125. The predicted octanol–water partition coefficient (Wildman–Crippen LogP) is 1.58. The number of carbonyl (C=O) groups excluding carboxylic acids is 2. The molecule has 1 atom stereocenters. The molecule has 7 nitrogen and oxygen atoms in total. The van der Waals surface area contributed by atoms with E-state index in [-0.39, 0.29) is 24.5 Å². The van der Waals surface area contributed by atoms with Crippen molar-refractivity contribution in [3.8, 4) is 0 Å². The molecule has 0 spiro atoms. The van der Waals surface area contributed by atoms with E-state index in [0.717, 1.165) is 17.9 Å². The summed E-state index contributed by atoms with van der Waals surface area (Å²) in [6.45, 7) is 2.53. The van der Waals surface area contributed by atoms with Crippen LogP contribution >= 0.6 is 0 Å². The molecule has 3 N–H and O–H groups in total. The maximum absolute atomic E-state index is 12.9. The normalized spacial score (nSPS) is 21.5. The Morgan fingerprint density at radius 1 is 1.25 bits per heavy atom. The van der Waals surface area contributed by atoms with Crippen LogP contribution in [0.1, 0.15) is 32.1 Å². The van der Waals surface area contributed by atoms with E-state index in [1.807, 2.05) is 24.3 Å². The fourth-order valence-corrected chi connectivity index (χ4v) is 4.04. The Morgan fingerprint density at radius 2 is 2.00 bits per heavy atom. The molecule has 2 aliphatic carbocycles. The van der Waals surface area contributed by atoms with Gasteiger partial charge in [0.15, 0.2) is 0 Å². The molecule has 1 aromatic carbocycles. The minimum Gasteiger partial charge on any atom is -0.370 e. The van der Waals surface area contributed by atoms with E-state index in [1.165, 1.54) is 32.1 Å². The lowest BCUT2D eigenvalue weighted by atomic mass is 9.84. The zero-order valence-electron chi connectivity index (χ0n) is 16.3. The van der Waals surface area contributed by atoms with Gasteiger partial charge in [0.25, 0.3) is 5.91 Å². The van der Waals surface area contributed by atoms with Crippen LogP contribution in [-0.2, 0) is 14.3 Å². The third-order valence-electron chi connectivity index (χ3n) is 6.07. The van der Waals surface area contributed by atoms with Gasteiger partial charge < -0.3 is 20.7 Å². The average molecular weight is 386 g/mol. The van der Waals surface area contributed by atoms with Crippen LogP contribution in [0, 0.1) is 5.92 Å². The van der Waals surface area contributed by atoms with Gasteiger partial charge in [-0.05, 0) is 55.9 Å². The fraction of sp³-hybridized carbons (Fsp3) is 0.619. The maximum atomic E-state index is 12.9. The van der Waals surface area contributed by atoms with Crippen molar-refractivity contribution in [3.05, 3.63) is 24.3 Å². The first kappa shape index (κ1) is 19.4. The number of hydrogen-bond donors (Lipinski definition) is 2. The molecule has 3 fully saturated rings. The first-order valence-electron chi connectivity index (χ1n) is 10.4. The summed E-state index contributed by atoms with van der Waals surface area (Å²) in [7, 11) is 0. The third kappa shape index (κ3) is 4.37. The van der Waals surface area contributed by atoms with Gasteiger partial charge in [-0.25, -0.2) is 0 Å². The second-order valence-electron chi connectivity index (χ2n) is 8.11. The number of nitrogens with two attached hydrogens (primary N) is 1. The highest BCUT2D eigenvalue weighted by Crippen LogP contribution is 2.34. The van der Waals surface area contributed by atoms with Crippen molar-refractivity contribution in [2.75, 3.05) is 43.1 Å². The monoisotopic (exact) mass is 386 g/mol. The molecule has 3 aliphatic rings. The molecule has 1 saturated heterocycles. The molecule has 2 amide bonds. The average Bonchev–Trinajstić information content (AvgIpc) is 3.50. The van der Waals surface area contributed by atoms with Crippen LogP contribution in [0.3, 0.4) is 0 Å². The Hall–Kier alpha value is -1.96. The standard InChI is InChI=1S/C21H30N4O3/c22-12-19(25(18-8-9-18)13-15-2-1-3-15)21(27)23-16-4-6-17(7-5-16)24-10-11-28-14-20(24)26/h4-7,15,18-19H,1-3,8-14,22H2,(H,23,27)/t19-/m0/s1. The first-order chi connectivity index (χ1) is 13.7. The van der Waals surface area contributed by atoms with E-state index < -0.39 is 0 Å². The van der Waals surface area contributed by atoms with Crippen molar-refractivity contribution >= 4 is 23.2 Å². The Labute approximate surface area is 166 Å². The highest BCUT2D eigenvalue weighted by Gasteiger charge is 2.38. The second kappa shape index (κ2) is 8.59. The molecule has 4 rings (SSSR count). The summed E-state index contributed by atoms with van der Waals surface area (Å²) in [6, 6.07) is 7.64. The smallest absolute Gasteiger partial charge is 0.253 e. The Morgan fingerprint density at radius 3 is 2.57 bits per heavy atom. The molecule has 0 radical (unpaired) electrons. The van der Waals surface area contributed by atoms with Crippen molar-refractivity contribution in [1.82, 2.24) is 4.90 Å². The minimum absolute atomic E-state index is 0.0380. The second-order valence-corrected chi connectivity index (χ2v) is 8.11. The number of hydrogen-bond acceptors (Lipinski definition) is 5. The van der Waals surface area contributed by atoms with Crippen LogP contribution < -0.4 is 16.0 Å². The molecule has 1 aliphatic heterocycles. The van der Waals surface area contributed by atoms with Crippen LogP contribution in [0.15, 0.2) is 24.3 Å². The van der Waals surface area contributed by atoms with Crippen LogP contribution in [0.25, 0.3) is 0 Å². The molecule has 1 heterocycles. The van der Waals surface area contributed by atoms with E-state index in [2.05, 4.69) is 10.2 Å². The van der Waals surface area contributed by atoms with Crippen LogP contribution in [0.5, 0.6) is 0 Å². The summed E-state index contributed by atoms with van der Waals surface area (Å²) in [5, 5.41) is 3.02. The first-order valence-corrected chi connectivity index (χ1v) is 10.4. The van der Waals surface area contributed by atoms with Crippen molar-refractivity contribution in [2.24, 2.45) is 11.7 Å². The fourth-order valence-electron chi connectivity index (χ4n) is 4.04. The Kier molecular flexibility index (Phi) is 5.94. The predicted molar refractivity (Wildman–Crippen MR) is 108 cm³/mol. The molecule has 0 unspecified atom stereocenters. The molecule has 28 heavy (non-hydrogen) atoms. The number of benzene rings is 1. The summed E-state index contributed by atoms with van der Waals surface area (Å²) in [5.74, 6) is 0.638. The molecule has 0 aromatic heterocycles. The summed E-state index contributed by atoms with van der Waals surface area (Å²) >= 11 is 0. The minimum atomic E-state index is -0.284. The summed E-state index contributed by atoms with van der Waals surface area (Å²) < 4.78 is 5.17. The highest BCUT2D eigenvalue weighted by atomic mass is 16.5. The number of nitrogens with zero attached hydrogens (tertiary/aromatic N) is 2. The molecule has 2 saturated carbocycles. The van der Waals surface area contributed by atoms with Gasteiger partial charge in [-0.3, -0.25) is 14.5 Å². The van der Waals surface area contributed by atoms with Crippen LogP contribution in [0.2, 0.25) is 0 Å². The van der Waals surface area contributed by atoms with Crippen molar-refractivity contribution in [3.63, 3.8) is 0 Å². The Balaban J connectivity index is 1.39. The van der Waals surface area contributed by atoms with Crippen LogP contribution in [-0.4, -0.2) is 61.6 Å². The quantitative estimate of drug-likeness (QED) is 0.708. The number of anilines is 2. The SMILES string of the molecule is NC[C@@H](C(=O)Nc1ccc(N2CCOCC2=O)cc1)N(CC1CCC1)C1CC1. The lowest BCUT2D eigenvalue weighted by Crippen LogP contribution is -2.51. The summed E-state index contributed by atoms with van der Waals surface area (Å²) in [6.07, 6.45) is 6.17. The van der Waals surface area contributed by atoms with Crippen LogP contribution in [0.4, 0.5) is 11.4 Å². The van der Waals surface area contributed by atoms with Gasteiger partial charge in [0.1, 0.15) is 12.6 Å². The number of morpholine rings is 1. The van der Waals surface area contributed by atoms with E-state index in [0.29, 0.717) is 31.7 Å². The van der Waals surface area contributed by atoms with Gasteiger partial charge in [0, 0.05) is 37.1 Å². The third-order valence-corrected chi connectivity index (χ3v) is 6.07. The van der Waals surface area contributed by atoms with E-state index >= 15 is 0 Å². The van der Waals surface area contributed by atoms with Gasteiger partial charge >= 0.3 is 0 Å². The number of amides is 2. The van der Waals surface area contributed by atoms with E-state index in [4.69, 9.17) is 10.5 Å². The van der Waals surface area contributed by atoms with Gasteiger partial charge in [0.05, 0.1) is 6.61 Å². The number of rotatable bonds is 8. The van der Waals surface area contributed by atoms with Crippen molar-refractivity contribution < 1.29 is 14.3 Å². The number of nitrogens with one attached hydrogen (secondary N) is 1. The van der Waals surface area contributed by atoms with Gasteiger partial charge in [-0.15, -0.1) is 0 Å². The molecular formula is C21H30N4O3. The van der Waals surface area contributed by atoms with Gasteiger partial charge in [-0.2, -0.15) is 0 Å². The van der Waals surface area contributed by atoms with Crippen molar-refractivity contribution in [1.29, 1.82) is 0 Å². The zero-order valence-corrected chi connectivity index (χ0v) is 16.3. The highest BCUT2D eigenvalue weighted by molar-refractivity contribution is 5.97.